The lowest BCUT2D eigenvalue weighted by molar-refractivity contribution is 0.460. The van der Waals surface area contributed by atoms with E-state index in [0.29, 0.717) is 5.95 Å². The van der Waals surface area contributed by atoms with E-state index in [9.17, 15) is 0 Å². The fourth-order valence-corrected chi connectivity index (χ4v) is 2.46. The summed E-state index contributed by atoms with van der Waals surface area (Å²) < 4.78 is 7.46. The maximum Gasteiger partial charge on any atom is 0.201 e. The number of aryl methyl sites for hydroxylation is 1. The van der Waals surface area contributed by atoms with Crippen LogP contribution in [0.2, 0.25) is 0 Å². The van der Waals surface area contributed by atoms with E-state index in [1.165, 1.54) is 0 Å². The van der Waals surface area contributed by atoms with E-state index >= 15 is 0 Å². The monoisotopic (exact) mass is 255 g/mol. The Morgan fingerprint density at radius 1 is 1.26 bits per heavy atom. The molecule has 0 amide bonds. The van der Waals surface area contributed by atoms with Crippen LogP contribution in [-0.4, -0.2) is 9.55 Å². The van der Waals surface area contributed by atoms with Crippen molar-refractivity contribution in [1.29, 1.82) is 0 Å². The highest BCUT2D eigenvalue weighted by molar-refractivity contribution is 5.78. The van der Waals surface area contributed by atoms with E-state index in [2.05, 4.69) is 22.5 Å². The molecule has 3 rings (SSSR count). The first-order valence-corrected chi connectivity index (χ1v) is 6.50. The Labute approximate surface area is 111 Å². The Hall–Kier alpha value is -2.23. The minimum atomic E-state index is 0.289. The SMILES string of the molecule is CC(CCc1ccco1)n1c(N)nc2ccccc21. The quantitative estimate of drug-likeness (QED) is 0.777. The van der Waals surface area contributed by atoms with E-state index < -0.39 is 0 Å². The van der Waals surface area contributed by atoms with Gasteiger partial charge in [0.1, 0.15) is 5.76 Å². The first kappa shape index (κ1) is 11.8. The molecule has 1 unspecified atom stereocenters. The maximum atomic E-state index is 6.03. The number of hydrogen-bond donors (Lipinski definition) is 1. The summed E-state index contributed by atoms with van der Waals surface area (Å²) in [6.07, 6.45) is 3.58. The average Bonchev–Trinajstić information content (AvgIpc) is 3.02. The second kappa shape index (κ2) is 4.80. The second-order valence-corrected chi connectivity index (χ2v) is 4.80. The van der Waals surface area contributed by atoms with Crippen LogP contribution in [0.1, 0.15) is 25.1 Å². The lowest BCUT2D eigenvalue weighted by Gasteiger charge is -2.15. The van der Waals surface area contributed by atoms with Gasteiger partial charge in [-0.15, -0.1) is 0 Å². The van der Waals surface area contributed by atoms with Crippen LogP contribution in [0.3, 0.4) is 0 Å². The molecule has 0 aliphatic carbocycles. The molecular formula is C15H17N3O. The summed E-state index contributed by atoms with van der Waals surface area (Å²) in [6.45, 7) is 2.16. The highest BCUT2D eigenvalue weighted by atomic mass is 16.3. The molecule has 1 atom stereocenters. The van der Waals surface area contributed by atoms with E-state index in [0.717, 1.165) is 29.6 Å². The summed E-state index contributed by atoms with van der Waals surface area (Å²) in [4.78, 5) is 4.40. The number of imidazole rings is 1. The first-order chi connectivity index (χ1) is 9.25. The van der Waals surface area contributed by atoms with Crippen LogP contribution in [0.15, 0.2) is 47.1 Å². The minimum absolute atomic E-state index is 0.289. The molecule has 3 aromatic rings. The van der Waals surface area contributed by atoms with Gasteiger partial charge in [-0.05, 0) is 37.6 Å². The number of nitrogens with zero attached hydrogens (tertiary/aromatic N) is 2. The normalized spacial score (nSPS) is 12.9. The Balaban J connectivity index is 1.84. The van der Waals surface area contributed by atoms with Gasteiger partial charge in [-0.3, -0.25) is 0 Å². The number of aromatic nitrogens is 2. The van der Waals surface area contributed by atoms with Crippen molar-refractivity contribution < 1.29 is 4.42 Å². The van der Waals surface area contributed by atoms with Crippen molar-refractivity contribution in [3.8, 4) is 0 Å². The third-order valence-electron chi connectivity index (χ3n) is 3.45. The third kappa shape index (κ3) is 2.21. The molecule has 4 heteroatoms. The largest absolute Gasteiger partial charge is 0.469 e. The molecule has 0 saturated heterocycles. The van der Waals surface area contributed by atoms with Gasteiger partial charge in [-0.2, -0.15) is 0 Å². The van der Waals surface area contributed by atoms with Crippen LogP contribution in [0.4, 0.5) is 5.95 Å². The van der Waals surface area contributed by atoms with Crippen LogP contribution >= 0.6 is 0 Å². The molecule has 0 bridgehead atoms. The molecule has 1 aromatic carbocycles. The van der Waals surface area contributed by atoms with Gasteiger partial charge in [0, 0.05) is 12.5 Å². The molecule has 0 spiro atoms. The number of hydrogen-bond acceptors (Lipinski definition) is 3. The number of anilines is 1. The highest BCUT2D eigenvalue weighted by Gasteiger charge is 2.13. The third-order valence-corrected chi connectivity index (χ3v) is 3.45. The van der Waals surface area contributed by atoms with Crippen LogP contribution in [0, 0.1) is 0 Å². The van der Waals surface area contributed by atoms with Crippen molar-refractivity contribution in [2.45, 2.75) is 25.8 Å². The summed E-state index contributed by atoms with van der Waals surface area (Å²) in [6, 6.07) is 12.2. The van der Waals surface area contributed by atoms with Crippen LogP contribution < -0.4 is 5.73 Å². The lowest BCUT2D eigenvalue weighted by atomic mass is 10.1. The van der Waals surface area contributed by atoms with E-state index in [1.54, 1.807) is 6.26 Å². The molecule has 2 heterocycles. The van der Waals surface area contributed by atoms with Crippen molar-refractivity contribution in [1.82, 2.24) is 9.55 Å². The standard InChI is InChI=1S/C15H17N3O/c1-11(8-9-12-5-4-10-19-12)18-14-7-3-2-6-13(14)17-15(18)16/h2-7,10-11H,8-9H2,1H3,(H2,16,17). The molecule has 98 valence electrons. The van der Waals surface area contributed by atoms with E-state index in [-0.39, 0.29) is 6.04 Å². The molecule has 0 fully saturated rings. The van der Waals surface area contributed by atoms with Gasteiger partial charge < -0.3 is 14.7 Å². The number of nitrogens with two attached hydrogens (primary N) is 1. The zero-order valence-electron chi connectivity index (χ0n) is 10.9. The summed E-state index contributed by atoms with van der Waals surface area (Å²) >= 11 is 0. The zero-order valence-corrected chi connectivity index (χ0v) is 10.9. The smallest absolute Gasteiger partial charge is 0.201 e. The minimum Gasteiger partial charge on any atom is -0.469 e. The number of nitrogen functional groups attached to an aromatic ring is 1. The number of fused-ring (bicyclic) bond motifs is 1. The van der Waals surface area contributed by atoms with Crippen molar-refractivity contribution in [3.63, 3.8) is 0 Å². The molecule has 0 aliphatic heterocycles. The van der Waals surface area contributed by atoms with Gasteiger partial charge in [-0.1, -0.05) is 12.1 Å². The van der Waals surface area contributed by atoms with Gasteiger partial charge in [-0.25, -0.2) is 4.98 Å². The number of para-hydroxylation sites is 2. The first-order valence-electron chi connectivity index (χ1n) is 6.50. The molecule has 0 radical (unpaired) electrons. The number of furan rings is 1. The van der Waals surface area contributed by atoms with Crippen LogP contribution in [0.5, 0.6) is 0 Å². The predicted octanol–water partition coefficient (Wildman–Crippen LogP) is 3.41. The molecule has 4 nitrogen and oxygen atoms in total. The fourth-order valence-electron chi connectivity index (χ4n) is 2.46. The predicted molar refractivity (Wildman–Crippen MR) is 75.9 cm³/mol. The topological polar surface area (TPSA) is 57.0 Å². The summed E-state index contributed by atoms with van der Waals surface area (Å²) in [7, 11) is 0. The Morgan fingerprint density at radius 2 is 2.11 bits per heavy atom. The van der Waals surface area contributed by atoms with E-state index in [4.69, 9.17) is 10.2 Å². The van der Waals surface area contributed by atoms with Crippen LogP contribution in [0.25, 0.3) is 11.0 Å². The molecule has 0 aliphatic rings. The zero-order chi connectivity index (χ0) is 13.2. The van der Waals surface area contributed by atoms with Crippen molar-refractivity contribution in [2.75, 3.05) is 5.73 Å². The Kier molecular flexibility index (Phi) is 2.99. The molecule has 19 heavy (non-hydrogen) atoms. The summed E-state index contributed by atoms with van der Waals surface area (Å²) in [5.74, 6) is 1.59. The van der Waals surface area contributed by atoms with Gasteiger partial charge in [0.25, 0.3) is 0 Å². The number of rotatable bonds is 4. The summed E-state index contributed by atoms with van der Waals surface area (Å²) in [5.41, 5.74) is 8.07. The molecule has 0 saturated carbocycles. The van der Waals surface area contributed by atoms with Crippen molar-refractivity contribution in [3.05, 3.63) is 48.4 Å². The highest BCUT2D eigenvalue weighted by Crippen LogP contribution is 2.25. The molecular weight excluding hydrogens is 238 g/mol. The van der Waals surface area contributed by atoms with Crippen molar-refractivity contribution in [2.24, 2.45) is 0 Å². The van der Waals surface area contributed by atoms with Gasteiger partial charge in [0.05, 0.1) is 17.3 Å². The lowest BCUT2D eigenvalue weighted by Crippen LogP contribution is -2.09. The average molecular weight is 255 g/mol. The Bertz CT molecular complexity index is 670. The van der Waals surface area contributed by atoms with Gasteiger partial charge in [0.15, 0.2) is 0 Å². The fraction of sp³-hybridized carbons (Fsp3) is 0.267. The maximum absolute atomic E-state index is 6.03. The molecule has 2 N–H and O–H groups in total. The second-order valence-electron chi connectivity index (χ2n) is 4.80. The van der Waals surface area contributed by atoms with E-state index in [1.807, 2.05) is 30.3 Å². The number of benzene rings is 1. The molecule has 2 aromatic heterocycles. The van der Waals surface area contributed by atoms with Crippen molar-refractivity contribution >= 4 is 17.0 Å². The van der Waals surface area contributed by atoms with Gasteiger partial charge >= 0.3 is 0 Å². The van der Waals surface area contributed by atoms with Gasteiger partial charge in [0.2, 0.25) is 5.95 Å². The van der Waals surface area contributed by atoms with Crippen LogP contribution in [-0.2, 0) is 6.42 Å². The summed E-state index contributed by atoms with van der Waals surface area (Å²) in [5, 5.41) is 0. The Morgan fingerprint density at radius 3 is 2.89 bits per heavy atom.